The number of rotatable bonds is 1. The van der Waals surface area contributed by atoms with E-state index >= 15 is 0 Å². The molecule has 2 N–H and O–H groups in total. The van der Waals surface area contributed by atoms with Gasteiger partial charge < -0.3 is 15.4 Å². The van der Waals surface area contributed by atoms with Crippen molar-refractivity contribution in [2.24, 2.45) is 5.73 Å². The first-order valence-corrected chi connectivity index (χ1v) is 7.65. The normalized spacial score (nSPS) is 23.5. The van der Waals surface area contributed by atoms with E-state index in [9.17, 15) is 4.79 Å². The number of carbonyl (C=O) groups is 1. The average molecular weight is 290 g/mol. The van der Waals surface area contributed by atoms with Crippen LogP contribution < -0.4 is 5.73 Å². The maximum Gasteiger partial charge on any atom is 0.410 e. The fourth-order valence-corrected chi connectivity index (χ4v) is 2.75. The molecule has 1 aliphatic heterocycles. The summed E-state index contributed by atoms with van der Waals surface area (Å²) in [4.78, 5) is 14.0. The van der Waals surface area contributed by atoms with Gasteiger partial charge in [0.05, 0.1) is 0 Å². The largest absolute Gasteiger partial charge is 0.444 e. The molecule has 0 aliphatic carbocycles. The number of nitrogens with two attached hydrogens (primary N) is 1. The molecule has 1 aromatic carbocycles. The van der Waals surface area contributed by atoms with Gasteiger partial charge in [-0.05, 0) is 39.2 Å². The van der Waals surface area contributed by atoms with Crippen LogP contribution in [-0.4, -0.2) is 35.7 Å². The van der Waals surface area contributed by atoms with Crippen LogP contribution in [-0.2, 0) is 4.74 Å². The third kappa shape index (κ3) is 4.46. The standard InChI is InChI=1S/C17H26N2O2/c1-17(2,3)21-16(20)19-11-9-14(15(18)10-12-19)13-7-5-4-6-8-13/h4-8,14-15H,9-12,18H2,1-3H3/t14-,15-/m1/s1. The Morgan fingerprint density at radius 3 is 2.43 bits per heavy atom. The molecule has 4 nitrogen and oxygen atoms in total. The number of likely N-dealkylation sites (tertiary alicyclic amines) is 1. The van der Waals surface area contributed by atoms with Crippen LogP contribution in [0.1, 0.15) is 45.1 Å². The molecule has 0 bridgehead atoms. The summed E-state index contributed by atoms with van der Waals surface area (Å²) in [7, 11) is 0. The Hall–Kier alpha value is -1.55. The highest BCUT2D eigenvalue weighted by Gasteiger charge is 2.29. The smallest absolute Gasteiger partial charge is 0.410 e. The van der Waals surface area contributed by atoms with Gasteiger partial charge in [0.15, 0.2) is 0 Å². The second-order valence-electron chi connectivity index (χ2n) is 6.73. The van der Waals surface area contributed by atoms with Crippen molar-refractivity contribution in [1.29, 1.82) is 0 Å². The third-order valence-corrected chi connectivity index (χ3v) is 3.84. The zero-order valence-electron chi connectivity index (χ0n) is 13.2. The van der Waals surface area contributed by atoms with Crippen LogP contribution in [0.15, 0.2) is 30.3 Å². The summed E-state index contributed by atoms with van der Waals surface area (Å²) in [5.74, 6) is 0.304. The summed E-state index contributed by atoms with van der Waals surface area (Å²) in [5, 5.41) is 0. The fraction of sp³-hybridized carbons (Fsp3) is 0.588. The van der Waals surface area contributed by atoms with Crippen molar-refractivity contribution in [2.75, 3.05) is 13.1 Å². The van der Waals surface area contributed by atoms with Crippen LogP contribution in [0.4, 0.5) is 4.79 Å². The summed E-state index contributed by atoms with van der Waals surface area (Å²) in [6.45, 7) is 7.03. The number of carbonyl (C=O) groups excluding carboxylic acids is 1. The Balaban J connectivity index is 2.02. The van der Waals surface area contributed by atoms with Gasteiger partial charge in [-0.25, -0.2) is 4.79 Å². The Labute approximate surface area is 127 Å². The van der Waals surface area contributed by atoms with Gasteiger partial charge in [0.25, 0.3) is 0 Å². The molecular weight excluding hydrogens is 264 g/mol. The number of hydrogen-bond donors (Lipinski definition) is 1. The molecule has 0 saturated carbocycles. The number of amides is 1. The van der Waals surface area contributed by atoms with Gasteiger partial charge in [0.2, 0.25) is 0 Å². The van der Waals surface area contributed by atoms with Crippen LogP contribution in [0.3, 0.4) is 0 Å². The molecule has 21 heavy (non-hydrogen) atoms. The molecule has 1 saturated heterocycles. The summed E-state index contributed by atoms with van der Waals surface area (Å²) in [5.41, 5.74) is 7.13. The average Bonchev–Trinajstić information content (AvgIpc) is 2.60. The molecule has 0 radical (unpaired) electrons. The monoisotopic (exact) mass is 290 g/mol. The van der Waals surface area contributed by atoms with Crippen LogP contribution in [0.25, 0.3) is 0 Å². The second-order valence-corrected chi connectivity index (χ2v) is 6.73. The van der Waals surface area contributed by atoms with E-state index in [1.54, 1.807) is 4.90 Å². The highest BCUT2D eigenvalue weighted by Crippen LogP contribution is 2.27. The van der Waals surface area contributed by atoms with Gasteiger partial charge in [-0.3, -0.25) is 0 Å². The lowest BCUT2D eigenvalue weighted by molar-refractivity contribution is 0.0256. The van der Waals surface area contributed by atoms with Crippen molar-refractivity contribution in [1.82, 2.24) is 4.90 Å². The van der Waals surface area contributed by atoms with Crippen molar-refractivity contribution >= 4 is 6.09 Å². The van der Waals surface area contributed by atoms with Gasteiger partial charge in [0, 0.05) is 25.0 Å². The molecule has 4 heteroatoms. The zero-order valence-corrected chi connectivity index (χ0v) is 13.2. The lowest BCUT2D eigenvalue weighted by Crippen LogP contribution is -2.37. The van der Waals surface area contributed by atoms with Gasteiger partial charge >= 0.3 is 6.09 Å². The molecule has 0 spiro atoms. The van der Waals surface area contributed by atoms with Crippen LogP contribution >= 0.6 is 0 Å². The first-order chi connectivity index (χ1) is 9.87. The fourth-order valence-electron chi connectivity index (χ4n) is 2.75. The third-order valence-electron chi connectivity index (χ3n) is 3.84. The molecule has 2 atom stereocenters. The van der Waals surface area contributed by atoms with Gasteiger partial charge in [-0.1, -0.05) is 30.3 Å². The molecule has 0 unspecified atom stereocenters. The molecule has 116 valence electrons. The number of nitrogens with zero attached hydrogens (tertiary/aromatic N) is 1. The topological polar surface area (TPSA) is 55.6 Å². The zero-order chi connectivity index (χ0) is 15.5. The first-order valence-electron chi connectivity index (χ1n) is 7.65. The van der Waals surface area contributed by atoms with E-state index in [2.05, 4.69) is 12.1 Å². The minimum atomic E-state index is -0.454. The van der Waals surface area contributed by atoms with Crippen LogP contribution in [0, 0.1) is 0 Å². The maximum absolute atomic E-state index is 12.2. The Morgan fingerprint density at radius 2 is 1.81 bits per heavy atom. The molecule has 1 fully saturated rings. The summed E-state index contributed by atoms with van der Waals surface area (Å²) >= 11 is 0. The van der Waals surface area contributed by atoms with E-state index in [0.717, 1.165) is 12.8 Å². The van der Waals surface area contributed by atoms with Crippen LogP contribution in [0.5, 0.6) is 0 Å². The van der Waals surface area contributed by atoms with Gasteiger partial charge in [0.1, 0.15) is 5.60 Å². The molecule has 1 heterocycles. The van der Waals surface area contributed by atoms with Crippen LogP contribution in [0.2, 0.25) is 0 Å². The van der Waals surface area contributed by atoms with Crippen molar-refractivity contribution in [3.05, 3.63) is 35.9 Å². The van der Waals surface area contributed by atoms with Gasteiger partial charge in [-0.2, -0.15) is 0 Å². The predicted octanol–water partition coefficient (Wildman–Crippen LogP) is 3.13. The van der Waals surface area contributed by atoms with E-state index < -0.39 is 5.60 Å². The second kappa shape index (κ2) is 6.48. The number of hydrogen-bond acceptors (Lipinski definition) is 3. The van der Waals surface area contributed by atoms with E-state index in [1.165, 1.54) is 5.56 Å². The first kappa shape index (κ1) is 15.8. The van der Waals surface area contributed by atoms with Crippen molar-refractivity contribution in [3.63, 3.8) is 0 Å². The van der Waals surface area contributed by atoms with Crippen molar-refractivity contribution in [2.45, 2.75) is 51.2 Å². The Kier molecular flexibility index (Phi) is 4.88. The van der Waals surface area contributed by atoms with Crippen molar-refractivity contribution in [3.8, 4) is 0 Å². The predicted molar refractivity (Wildman–Crippen MR) is 84.2 cm³/mol. The Morgan fingerprint density at radius 1 is 1.19 bits per heavy atom. The van der Waals surface area contributed by atoms with E-state index in [-0.39, 0.29) is 12.1 Å². The minimum absolute atomic E-state index is 0.0832. The molecule has 1 amide bonds. The van der Waals surface area contributed by atoms with E-state index in [0.29, 0.717) is 19.0 Å². The van der Waals surface area contributed by atoms with Crippen molar-refractivity contribution < 1.29 is 9.53 Å². The molecule has 2 rings (SSSR count). The lowest BCUT2D eigenvalue weighted by Gasteiger charge is -2.26. The quantitative estimate of drug-likeness (QED) is 0.864. The number of benzene rings is 1. The van der Waals surface area contributed by atoms with E-state index in [1.807, 2.05) is 39.0 Å². The molecule has 1 aliphatic rings. The molecule has 1 aromatic rings. The van der Waals surface area contributed by atoms with Gasteiger partial charge in [-0.15, -0.1) is 0 Å². The summed E-state index contributed by atoms with van der Waals surface area (Å²) in [6, 6.07) is 10.4. The van der Waals surface area contributed by atoms with E-state index in [4.69, 9.17) is 10.5 Å². The highest BCUT2D eigenvalue weighted by molar-refractivity contribution is 5.68. The highest BCUT2D eigenvalue weighted by atomic mass is 16.6. The SMILES string of the molecule is CC(C)(C)OC(=O)N1CC[C@@H](N)[C@@H](c2ccccc2)CC1. The molecular formula is C17H26N2O2. The lowest BCUT2D eigenvalue weighted by atomic mass is 9.88. The summed E-state index contributed by atoms with van der Waals surface area (Å²) in [6.07, 6.45) is 1.45. The molecule has 0 aromatic heterocycles. The number of ether oxygens (including phenoxy) is 1. The minimum Gasteiger partial charge on any atom is -0.444 e. The summed E-state index contributed by atoms with van der Waals surface area (Å²) < 4.78 is 5.46. The maximum atomic E-state index is 12.2. The Bertz CT molecular complexity index is 467.